The maximum absolute atomic E-state index is 12.6. The molecule has 1 unspecified atom stereocenters. The van der Waals surface area contributed by atoms with Crippen molar-refractivity contribution >= 4 is 10.0 Å². The van der Waals surface area contributed by atoms with Crippen LogP contribution in [0.15, 0.2) is 41.6 Å². The summed E-state index contributed by atoms with van der Waals surface area (Å²) in [7, 11) is -3.48. The zero-order chi connectivity index (χ0) is 17.3. The highest BCUT2D eigenvalue weighted by Crippen LogP contribution is 2.38. The summed E-state index contributed by atoms with van der Waals surface area (Å²) < 4.78 is 32.4. The Balaban J connectivity index is 1.33. The molecule has 2 aromatic rings. The first-order valence-electron chi connectivity index (χ1n) is 8.49. The summed E-state index contributed by atoms with van der Waals surface area (Å²) in [6.07, 6.45) is 6.11. The van der Waals surface area contributed by atoms with Gasteiger partial charge in [0, 0.05) is 43.4 Å². The van der Waals surface area contributed by atoms with Crippen LogP contribution in [-0.2, 0) is 10.0 Å². The van der Waals surface area contributed by atoms with E-state index in [0.29, 0.717) is 31.5 Å². The minimum absolute atomic E-state index is 0.149. The van der Waals surface area contributed by atoms with Crippen molar-refractivity contribution in [2.24, 2.45) is 5.92 Å². The second-order valence-corrected chi connectivity index (χ2v) is 8.53. The molecule has 25 heavy (non-hydrogen) atoms. The van der Waals surface area contributed by atoms with Gasteiger partial charge in [-0.15, -0.1) is 5.10 Å². The average molecular weight is 360 g/mol. The van der Waals surface area contributed by atoms with Crippen molar-refractivity contribution in [3.63, 3.8) is 0 Å². The van der Waals surface area contributed by atoms with Crippen LogP contribution in [0.4, 0.5) is 0 Å². The summed E-state index contributed by atoms with van der Waals surface area (Å²) in [4.78, 5) is 4.13. The standard InChI is InChI=1S/C17H20N4O3S/c22-25(23,15-2-1-8-18-10-15)21-9-7-13(11-21)12-24-17-6-5-16(19-20-17)14-3-4-14/h1-2,5-6,8,10,13-14H,3-4,7,9,11-12H2. The molecule has 0 spiro atoms. The maximum Gasteiger partial charge on any atom is 0.244 e. The van der Waals surface area contributed by atoms with Crippen molar-refractivity contribution in [2.45, 2.75) is 30.1 Å². The molecule has 1 aliphatic carbocycles. The third-order valence-corrected chi connectivity index (χ3v) is 6.49. The number of hydrogen-bond donors (Lipinski definition) is 0. The second-order valence-electron chi connectivity index (χ2n) is 6.59. The minimum atomic E-state index is -3.48. The smallest absolute Gasteiger partial charge is 0.244 e. The monoisotopic (exact) mass is 360 g/mol. The van der Waals surface area contributed by atoms with Crippen LogP contribution in [0.25, 0.3) is 0 Å². The Morgan fingerprint density at radius 1 is 1.16 bits per heavy atom. The predicted octanol–water partition coefficient (Wildman–Crippen LogP) is 1.84. The molecule has 8 heteroatoms. The lowest BCUT2D eigenvalue weighted by molar-refractivity contribution is 0.243. The van der Waals surface area contributed by atoms with Crippen LogP contribution >= 0.6 is 0 Å². The summed E-state index contributed by atoms with van der Waals surface area (Å²) in [5, 5.41) is 8.30. The van der Waals surface area contributed by atoms with Crippen molar-refractivity contribution in [1.29, 1.82) is 0 Å². The number of aromatic nitrogens is 3. The largest absolute Gasteiger partial charge is 0.476 e. The van der Waals surface area contributed by atoms with Crippen molar-refractivity contribution in [2.75, 3.05) is 19.7 Å². The van der Waals surface area contributed by atoms with E-state index in [2.05, 4.69) is 15.2 Å². The lowest BCUT2D eigenvalue weighted by Gasteiger charge is -2.16. The van der Waals surface area contributed by atoms with Crippen LogP contribution in [0.3, 0.4) is 0 Å². The Bertz CT molecular complexity index is 823. The van der Waals surface area contributed by atoms with E-state index in [1.807, 2.05) is 12.1 Å². The van der Waals surface area contributed by atoms with E-state index in [-0.39, 0.29) is 10.8 Å². The van der Waals surface area contributed by atoms with Crippen molar-refractivity contribution < 1.29 is 13.2 Å². The molecule has 1 atom stereocenters. The summed E-state index contributed by atoms with van der Waals surface area (Å²) in [5.74, 6) is 1.22. The molecular formula is C17H20N4O3S. The highest BCUT2D eigenvalue weighted by atomic mass is 32.2. The van der Waals surface area contributed by atoms with Gasteiger partial charge in [-0.2, -0.15) is 9.40 Å². The van der Waals surface area contributed by atoms with E-state index in [1.54, 1.807) is 18.3 Å². The maximum atomic E-state index is 12.6. The topological polar surface area (TPSA) is 85.3 Å². The van der Waals surface area contributed by atoms with Gasteiger partial charge < -0.3 is 4.74 Å². The zero-order valence-corrected chi connectivity index (χ0v) is 14.6. The van der Waals surface area contributed by atoms with E-state index in [4.69, 9.17) is 4.74 Å². The van der Waals surface area contributed by atoms with E-state index < -0.39 is 10.0 Å². The molecule has 1 saturated heterocycles. The molecule has 0 aromatic carbocycles. The molecule has 7 nitrogen and oxygen atoms in total. The third kappa shape index (κ3) is 3.64. The lowest BCUT2D eigenvalue weighted by atomic mass is 10.1. The molecule has 132 valence electrons. The first kappa shape index (κ1) is 16.4. The quantitative estimate of drug-likeness (QED) is 0.781. The number of rotatable bonds is 6. The molecule has 2 fully saturated rings. The van der Waals surface area contributed by atoms with Gasteiger partial charge in [0.2, 0.25) is 15.9 Å². The SMILES string of the molecule is O=S(=O)(c1cccnc1)N1CCC(COc2ccc(C3CC3)nn2)C1. The molecule has 0 bridgehead atoms. The van der Waals surface area contributed by atoms with Crippen LogP contribution in [0.2, 0.25) is 0 Å². The molecular weight excluding hydrogens is 340 g/mol. The van der Waals surface area contributed by atoms with Gasteiger partial charge in [-0.1, -0.05) is 0 Å². The first-order valence-corrected chi connectivity index (χ1v) is 9.93. The van der Waals surface area contributed by atoms with Gasteiger partial charge in [-0.25, -0.2) is 8.42 Å². The van der Waals surface area contributed by atoms with E-state index in [0.717, 1.165) is 12.1 Å². The van der Waals surface area contributed by atoms with Crippen molar-refractivity contribution in [3.8, 4) is 5.88 Å². The fourth-order valence-corrected chi connectivity index (χ4v) is 4.50. The van der Waals surface area contributed by atoms with Crippen LogP contribution in [0.5, 0.6) is 5.88 Å². The highest BCUT2D eigenvalue weighted by molar-refractivity contribution is 7.89. The number of hydrogen-bond acceptors (Lipinski definition) is 6. The Morgan fingerprint density at radius 2 is 2.04 bits per heavy atom. The summed E-state index contributed by atoms with van der Waals surface area (Å²) in [5.41, 5.74) is 1.03. The molecule has 0 amide bonds. The highest BCUT2D eigenvalue weighted by Gasteiger charge is 2.33. The molecule has 0 radical (unpaired) electrons. The van der Waals surface area contributed by atoms with Crippen LogP contribution < -0.4 is 4.74 Å². The van der Waals surface area contributed by atoms with E-state index in [9.17, 15) is 8.42 Å². The van der Waals surface area contributed by atoms with E-state index in [1.165, 1.54) is 23.3 Å². The Hall–Kier alpha value is -2.06. The lowest BCUT2D eigenvalue weighted by Crippen LogP contribution is -2.29. The predicted molar refractivity (Wildman–Crippen MR) is 90.6 cm³/mol. The zero-order valence-electron chi connectivity index (χ0n) is 13.8. The van der Waals surface area contributed by atoms with E-state index >= 15 is 0 Å². The fourth-order valence-electron chi connectivity index (χ4n) is 3.01. The Labute approximate surface area is 147 Å². The normalized spacial score (nSPS) is 21.4. The van der Waals surface area contributed by atoms with Gasteiger partial charge >= 0.3 is 0 Å². The second kappa shape index (κ2) is 6.68. The first-order chi connectivity index (χ1) is 12.1. The number of pyridine rings is 1. The van der Waals surface area contributed by atoms with Crippen LogP contribution in [0.1, 0.15) is 30.9 Å². The molecule has 2 aromatic heterocycles. The molecule has 4 rings (SSSR count). The Kier molecular flexibility index (Phi) is 4.39. The van der Waals surface area contributed by atoms with Gasteiger partial charge in [-0.05, 0) is 37.5 Å². The average Bonchev–Trinajstić information content (AvgIpc) is 3.38. The number of sulfonamides is 1. The van der Waals surface area contributed by atoms with Gasteiger partial charge in [0.05, 0.1) is 12.3 Å². The number of ether oxygens (including phenoxy) is 1. The fraction of sp³-hybridized carbons (Fsp3) is 0.471. The molecule has 2 aliphatic rings. The summed E-state index contributed by atoms with van der Waals surface area (Å²) in [6, 6.07) is 7.02. The van der Waals surface area contributed by atoms with Crippen LogP contribution in [0, 0.1) is 5.92 Å². The summed E-state index contributed by atoms with van der Waals surface area (Å²) in [6.45, 7) is 1.39. The van der Waals surface area contributed by atoms with Gasteiger partial charge in [0.1, 0.15) is 4.90 Å². The molecule has 0 N–H and O–H groups in total. The van der Waals surface area contributed by atoms with Gasteiger partial charge in [0.25, 0.3) is 0 Å². The summed E-state index contributed by atoms with van der Waals surface area (Å²) >= 11 is 0. The van der Waals surface area contributed by atoms with Crippen molar-refractivity contribution in [3.05, 3.63) is 42.4 Å². The number of nitrogens with zero attached hydrogens (tertiary/aromatic N) is 4. The molecule has 1 saturated carbocycles. The third-order valence-electron chi connectivity index (χ3n) is 4.64. The van der Waals surface area contributed by atoms with Crippen LogP contribution in [-0.4, -0.2) is 47.6 Å². The van der Waals surface area contributed by atoms with Gasteiger partial charge in [0.15, 0.2) is 0 Å². The van der Waals surface area contributed by atoms with Gasteiger partial charge in [-0.3, -0.25) is 4.98 Å². The minimum Gasteiger partial charge on any atom is -0.476 e. The Morgan fingerprint density at radius 3 is 2.72 bits per heavy atom. The van der Waals surface area contributed by atoms with Crippen molar-refractivity contribution in [1.82, 2.24) is 19.5 Å². The molecule has 1 aliphatic heterocycles. The molecule has 3 heterocycles.